The summed E-state index contributed by atoms with van der Waals surface area (Å²) in [5.74, 6) is 0. The van der Waals surface area contributed by atoms with Crippen LogP contribution < -0.4 is 0 Å². The standard InChI is InChI=1S/C5H11NO/c1-2-4-7-5-3-6/h3,6H,2,4-5H2,1H3/p+1. The van der Waals surface area contributed by atoms with Gasteiger partial charge < -0.3 is 10.1 Å². The van der Waals surface area contributed by atoms with Gasteiger partial charge in [-0.2, -0.15) is 0 Å². The molecule has 0 aromatic carbocycles. The predicted octanol–water partition coefficient (Wildman–Crippen LogP) is 0.574. The quantitative estimate of drug-likeness (QED) is 0.306. The second-order valence-corrected chi connectivity index (χ2v) is 1.33. The zero-order chi connectivity index (χ0) is 5.54. The summed E-state index contributed by atoms with van der Waals surface area (Å²) in [5, 5.41) is 6.56. The van der Waals surface area contributed by atoms with E-state index >= 15 is 0 Å². The Morgan fingerprint density at radius 1 is 1.71 bits per heavy atom. The van der Waals surface area contributed by atoms with Gasteiger partial charge in [0, 0.05) is 6.42 Å². The normalized spacial score (nSPS) is 8.71. The Balaban J connectivity index is 2.56. The number of ether oxygens (including phenoxy) is 1. The molecule has 0 saturated carbocycles. The summed E-state index contributed by atoms with van der Waals surface area (Å²) in [4.78, 5) is 0. The van der Waals surface area contributed by atoms with E-state index in [9.17, 15) is 0 Å². The molecule has 0 unspecified atom stereocenters. The van der Waals surface area contributed by atoms with Crippen molar-refractivity contribution in [2.45, 2.75) is 13.3 Å². The third-order valence-electron chi connectivity index (χ3n) is 0.602. The zero-order valence-electron chi connectivity index (χ0n) is 4.65. The fourth-order valence-electron chi connectivity index (χ4n) is 0.314. The van der Waals surface area contributed by atoms with Crippen LogP contribution in [0.25, 0.3) is 0 Å². The third kappa shape index (κ3) is 5.63. The van der Waals surface area contributed by atoms with E-state index in [1.165, 1.54) is 6.21 Å². The Morgan fingerprint density at radius 3 is 2.86 bits per heavy atom. The lowest BCUT2D eigenvalue weighted by Gasteiger charge is -1.89. The average Bonchev–Trinajstić information content (AvgIpc) is 1.69. The first-order valence-corrected chi connectivity index (χ1v) is 2.54. The minimum Gasteiger partial charge on any atom is -0.429 e. The highest BCUT2D eigenvalue weighted by atomic mass is 16.5. The van der Waals surface area contributed by atoms with Crippen LogP contribution >= 0.6 is 0 Å². The molecule has 0 atom stereocenters. The molecule has 0 aliphatic rings. The monoisotopic (exact) mass is 102 g/mol. The first kappa shape index (κ1) is 6.63. The van der Waals surface area contributed by atoms with Crippen molar-refractivity contribution < 1.29 is 4.74 Å². The number of nitrogens with one attached hydrogen (secondary N) is 1. The van der Waals surface area contributed by atoms with E-state index < -0.39 is 0 Å². The summed E-state index contributed by atoms with van der Waals surface area (Å²) in [6, 6.07) is 0. The SMILES string of the molecule is CCC[OH+]CC=N. The molecular weight excluding hydrogens is 90.1 g/mol. The lowest BCUT2D eigenvalue weighted by atomic mass is 10.5. The number of rotatable bonds is 4. The van der Waals surface area contributed by atoms with Crippen molar-refractivity contribution in [1.29, 1.82) is 5.41 Å². The molecule has 0 aromatic heterocycles. The summed E-state index contributed by atoms with van der Waals surface area (Å²) < 4.78 is 3.97. The molecule has 2 N–H and O–H groups in total. The van der Waals surface area contributed by atoms with Gasteiger partial charge in [-0.15, -0.1) is 0 Å². The summed E-state index contributed by atoms with van der Waals surface area (Å²) in [6.07, 6.45) is 2.41. The molecule has 0 bridgehead atoms. The van der Waals surface area contributed by atoms with Crippen LogP contribution in [0.15, 0.2) is 0 Å². The highest BCUT2D eigenvalue weighted by Crippen LogP contribution is 1.71. The maximum Gasteiger partial charge on any atom is 0.180 e. The van der Waals surface area contributed by atoms with Crippen LogP contribution in [0.4, 0.5) is 0 Å². The Bertz CT molecular complexity index is 45.3. The average molecular weight is 102 g/mol. The van der Waals surface area contributed by atoms with E-state index in [2.05, 4.69) is 11.7 Å². The van der Waals surface area contributed by atoms with Gasteiger partial charge in [0.2, 0.25) is 0 Å². The van der Waals surface area contributed by atoms with Gasteiger partial charge in [0.1, 0.15) is 6.61 Å². The van der Waals surface area contributed by atoms with Gasteiger partial charge in [-0.05, 0) is 0 Å². The molecule has 0 saturated heterocycles. The molecule has 42 valence electrons. The first-order chi connectivity index (χ1) is 3.41. The van der Waals surface area contributed by atoms with E-state index in [4.69, 9.17) is 5.41 Å². The molecule has 0 amide bonds. The molecule has 0 fully saturated rings. The summed E-state index contributed by atoms with van der Waals surface area (Å²) in [7, 11) is 0. The van der Waals surface area contributed by atoms with Crippen molar-refractivity contribution >= 4 is 6.21 Å². The molecule has 7 heavy (non-hydrogen) atoms. The topological polar surface area (TPSA) is 36.7 Å². The van der Waals surface area contributed by atoms with Gasteiger partial charge in [-0.1, -0.05) is 6.92 Å². The molecule has 0 aliphatic carbocycles. The number of hydrogen-bond acceptors (Lipinski definition) is 1. The summed E-state index contributed by atoms with van der Waals surface area (Å²) >= 11 is 0. The molecule has 0 aromatic rings. The van der Waals surface area contributed by atoms with Crippen molar-refractivity contribution in [3.05, 3.63) is 0 Å². The van der Waals surface area contributed by atoms with Crippen LogP contribution in [0.3, 0.4) is 0 Å². The van der Waals surface area contributed by atoms with Gasteiger partial charge in [0.15, 0.2) is 6.61 Å². The van der Waals surface area contributed by atoms with Crippen LogP contribution in [0.5, 0.6) is 0 Å². The fraction of sp³-hybridized carbons (Fsp3) is 0.800. The van der Waals surface area contributed by atoms with Crippen molar-refractivity contribution in [2.24, 2.45) is 0 Å². The Morgan fingerprint density at radius 2 is 2.43 bits per heavy atom. The maximum absolute atomic E-state index is 6.56. The molecule has 0 radical (unpaired) electrons. The minimum atomic E-state index is 0.591. The Kier molecular flexibility index (Phi) is 5.33. The van der Waals surface area contributed by atoms with Crippen LogP contribution in [0.1, 0.15) is 13.3 Å². The third-order valence-corrected chi connectivity index (χ3v) is 0.602. The van der Waals surface area contributed by atoms with Crippen LogP contribution in [0.2, 0.25) is 0 Å². The molecular formula is C5H12NO+. The highest BCUT2D eigenvalue weighted by Gasteiger charge is 1.80. The lowest BCUT2D eigenvalue weighted by Crippen LogP contribution is -2.00. The molecule has 0 spiro atoms. The Hall–Kier alpha value is -0.370. The van der Waals surface area contributed by atoms with Gasteiger partial charge >= 0.3 is 0 Å². The van der Waals surface area contributed by atoms with E-state index in [1.807, 2.05) is 0 Å². The van der Waals surface area contributed by atoms with E-state index in [0.717, 1.165) is 13.0 Å². The predicted molar refractivity (Wildman–Crippen MR) is 31.0 cm³/mol. The molecule has 2 nitrogen and oxygen atoms in total. The fourth-order valence-corrected chi connectivity index (χ4v) is 0.314. The van der Waals surface area contributed by atoms with Crippen molar-refractivity contribution in [2.75, 3.05) is 13.2 Å². The first-order valence-electron chi connectivity index (χ1n) is 2.54. The minimum absolute atomic E-state index is 0.591. The van der Waals surface area contributed by atoms with Crippen LogP contribution in [-0.4, -0.2) is 24.2 Å². The van der Waals surface area contributed by atoms with Gasteiger partial charge in [-0.25, -0.2) is 0 Å². The van der Waals surface area contributed by atoms with Crippen molar-refractivity contribution in [3.63, 3.8) is 0 Å². The van der Waals surface area contributed by atoms with E-state index in [0.29, 0.717) is 6.61 Å². The maximum atomic E-state index is 6.56. The zero-order valence-corrected chi connectivity index (χ0v) is 4.65. The van der Waals surface area contributed by atoms with E-state index in [1.54, 1.807) is 0 Å². The van der Waals surface area contributed by atoms with Crippen molar-refractivity contribution in [1.82, 2.24) is 0 Å². The molecule has 0 rings (SSSR count). The second-order valence-electron chi connectivity index (χ2n) is 1.33. The van der Waals surface area contributed by atoms with Crippen molar-refractivity contribution in [3.8, 4) is 0 Å². The molecule has 2 heteroatoms. The molecule has 0 aliphatic heterocycles. The van der Waals surface area contributed by atoms with E-state index in [-0.39, 0.29) is 0 Å². The number of hydrogen-bond donors (Lipinski definition) is 1. The Labute approximate surface area is 44.0 Å². The largest absolute Gasteiger partial charge is 0.429 e. The van der Waals surface area contributed by atoms with Gasteiger partial charge in [-0.3, -0.25) is 0 Å². The van der Waals surface area contributed by atoms with Gasteiger partial charge in [0.05, 0.1) is 6.21 Å². The molecule has 0 heterocycles. The number of aliphatic hydroxyl groups is 2. The highest BCUT2D eigenvalue weighted by molar-refractivity contribution is 5.53. The smallest absolute Gasteiger partial charge is 0.180 e. The van der Waals surface area contributed by atoms with Crippen LogP contribution in [-0.2, 0) is 0 Å². The summed E-state index contributed by atoms with van der Waals surface area (Å²) in [5.41, 5.74) is 0. The van der Waals surface area contributed by atoms with Gasteiger partial charge in [0.25, 0.3) is 0 Å². The summed E-state index contributed by atoms with van der Waals surface area (Å²) in [6.45, 7) is 3.57. The lowest BCUT2D eigenvalue weighted by molar-refractivity contribution is -0.00577. The second kappa shape index (κ2) is 5.63. The van der Waals surface area contributed by atoms with Crippen LogP contribution in [0, 0.1) is 5.41 Å².